The zero-order valence-electron chi connectivity index (χ0n) is 20.8. The first-order valence-corrected chi connectivity index (χ1v) is 13.8. The third-order valence-electron chi connectivity index (χ3n) is 7.36. The molecule has 2 aromatic carbocycles. The molecule has 0 bridgehead atoms. The minimum Gasteiger partial charge on any atom is -0.492 e. The Morgan fingerprint density at radius 2 is 1.94 bits per heavy atom. The largest absolute Gasteiger partial charge is 0.492 e. The van der Waals surface area contributed by atoms with Crippen molar-refractivity contribution in [3.8, 4) is 5.75 Å². The second-order valence-corrected chi connectivity index (χ2v) is 10.6. The molecule has 1 saturated carbocycles. The standard InChI is InChI=1S/C28H35BrN4O3/c1-2-35-27-11-10-21(29)18-25(27)31-23-7-4-3-6-20(23)19-36-28(34)33-16-14-32(15-17-33)26-9-5-8-24-22(26)12-13-30-24/h5,8-13,18,20,23,30-31H,2-4,6-7,14-17,19H2,1H3. The first-order valence-electron chi connectivity index (χ1n) is 13.0. The fraction of sp³-hybridized carbons (Fsp3) is 0.464. The number of amides is 1. The van der Waals surface area contributed by atoms with E-state index in [1.54, 1.807) is 0 Å². The van der Waals surface area contributed by atoms with E-state index in [9.17, 15) is 4.79 Å². The van der Waals surface area contributed by atoms with E-state index in [1.807, 2.05) is 30.2 Å². The highest BCUT2D eigenvalue weighted by Crippen LogP contribution is 2.34. The maximum atomic E-state index is 12.9. The van der Waals surface area contributed by atoms with Crippen molar-refractivity contribution in [2.24, 2.45) is 5.92 Å². The Kier molecular flexibility index (Phi) is 7.90. The monoisotopic (exact) mass is 554 g/mol. The summed E-state index contributed by atoms with van der Waals surface area (Å²) in [4.78, 5) is 20.4. The quantitative estimate of drug-likeness (QED) is 0.360. The molecule has 192 valence electrons. The number of hydrogen-bond donors (Lipinski definition) is 2. The molecule has 0 radical (unpaired) electrons. The van der Waals surface area contributed by atoms with Gasteiger partial charge in [-0.15, -0.1) is 0 Å². The van der Waals surface area contributed by atoms with Crippen LogP contribution >= 0.6 is 15.9 Å². The number of nitrogens with zero attached hydrogens (tertiary/aromatic N) is 2. The minimum atomic E-state index is -0.198. The van der Waals surface area contributed by atoms with E-state index in [2.05, 4.69) is 61.5 Å². The zero-order chi connectivity index (χ0) is 24.9. The van der Waals surface area contributed by atoms with Gasteiger partial charge in [0.05, 0.1) is 18.9 Å². The molecule has 2 aliphatic rings. The number of halogens is 1. The number of carbonyl (C=O) groups excluding carboxylic acids is 1. The van der Waals surface area contributed by atoms with Gasteiger partial charge in [0.15, 0.2) is 0 Å². The predicted octanol–water partition coefficient (Wildman–Crippen LogP) is 6.26. The molecule has 1 amide bonds. The van der Waals surface area contributed by atoms with Crippen LogP contribution in [0.1, 0.15) is 32.6 Å². The molecule has 2 unspecified atom stereocenters. The third kappa shape index (κ3) is 5.59. The molecule has 2 heterocycles. The van der Waals surface area contributed by atoms with E-state index in [0.29, 0.717) is 26.3 Å². The van der Waals surface area contributed by atoms with Gasteiger partial charge in [-0.2, -0.15) is 0 Å². The van der Waals surface area contributed by atoms with Gasteiger partial charge in [0, 0.05) is 65.4 Å². The highest BCUT2D eigenvalue weighted by molar-refractivity contribution is 9.10. The van der Waals surface area contributed by atoms with Crippen molar-refractivity contribution in [3.05, 3.63) is 53.1 Å². The second-order valence-electron chi connectivity index (χ2n) is 9.64. The summed E-state index contributed by atoms with van der Waals surface area (Å²) in [6, 6.07) is 14.7. The lowest BCUT2D eigenvalue weighted by Gasteiger charge is -2.37. The molecule has 1 aromatic heterocycles. The molecule has 1 aliphatic carbocycles. The van der Waals surface area contributed by atoms with Gasteiger partial charge >= 0.3 is 6.09 Å². The van der Waals surface area contributed by atoms with Gasteiger partial charge < -0.3 is 29.6 Å². The summed E-state index contributed by atoms with van der Waals surface area (Å²) in [5, 5.41) is 4.92. The Labute approximate surface area is 221 Å². The van der Waals surface area contributed by atoms with Gasteiger partial charge in [0.2, 0.25) is 0 Å². The van der Waals surface area contributed by atoms with Crippen molar-refractivity contribution >= 4 is 44.3 Å². The molecule has 2 atom stereocenters. The lowest BCUT2D eigenvalue weighted by atomic mass is 9.85. The minimum absolute atomic E-state index is 0.198. The highest BCUT2D eigenvalue weighted by Gasteiger charge is 2.29. The van der Waals surface area contributed by atoms with E-state index in [-0.39, 0.29) is 18.1 Å². The molecular formula is C28H35BrN4O3. The summed E-state index contributed by atoms with van der Waals surface area (Å²) in [6.07, 6.45) is 6.23. The zero-order valence-corrected chi connectivity index (χ0v) is 22.4. The normalized spacial score (nSPS) is 20.4. The van der Waals surface area contributed by atoms with Crippen molar-refractivity contribution in [2.45, 2.75) is 38.6 Å². The summed E-state index contributed by atoms with van der Waals surface area (Å²) in [5.74, 6) is 1.14. The summed E-state index contributed by atoms with van der Waals surface area (Å²) >= 11 is 3.57. The van der Waals surface area contributed by atoms with Crippen LogP contribution in [0.4, 0.5) is 16.2 Å². The average molecular weight is 556 g/mol. The Balaban J connectivity index is 1.15. The van der Waals surface area contributed by atoms with Crippen LogP contribution in [0, 0.1) is 5.92 Å². The van der Waals surface area contributed by atoms with Crippen LogP contribution in [-0.2, 0) is 4.74 Å². The Morgan fingerprint density at radius 1 is 1.11 bits per heavy atom. The number of hydrogen-bond acceptors (Lipinski definition) is 5. The number of H-pyrrole nitrogens is 1. The highest BCUT2D eigenvalue weighted by atomic mass is 79.9. The number of rotatable bonds is 7. The Hall–Kier alpha value is -2.87. The number of carbonyl (C=O) groups is 1. The molecule has 0 spiro atoms. The molecule has 2 fully saturated rings. The third-order valence-corrected chi connectivity index (χ3v) is 7.86. The number of ether oxygens (including phenoxy) is 2. The van der Waals surface area contributed by atoms with Gasteiger partial charge in [0.1, 0.15) is 5.75 Å². The smallest absolute Gasteiger partial charge is 0.409 e. The maximum Gasteiger partial charge on any atom is 0.409 e. The Bertz CT molecular complexity index is 1170. The molecule has 8 heteroatoms. The number of benzene rings is 2. The van der Waals surface area contributed by atoms with E-state index < -0.39 is 0 Å². The van der Waals surface area contributed by atoms with Gasteiger partial charge in [-0.3, -0.25) is 0 Å². The van der Waals surface area contributed by atoms with E-state index in [1.165, 1.54) is 23.9 Å². The fourth-order valence-electron chi connectivity index (χ4n) is 5.44. The summed E-state index contributed by atoms with van der Waals surface area (Å²) in [6.45, 7) is 6.00. The summed E-state index contributed by atoms with van der Waals surface area (Å²) < 4.78 is 12.7. The van der Waals surface area contributed by atoms with Crippen molar-refractivity contribution in [1.29, 1.82) is 0 Å². The van der Waals surface area contributed by atoms with E-state index >= 15 is 0 Å². The van der Waals surface area contributed by atoms with E-state index in [0.717, 1.165) is 47.4 Å². The molecule has 36 heavy (non-hydrogen) atoms. The number of aromatic amines is 1. The average Bonchev–Trinajstić information content (AvgIpc) is 3.39. The van der Waals surface area contributed by atoms with Crippen molar-refractivity contribution in [3.63, 3.8) is 0 Å². The van der Waals surface area contributed by atoms with Crippen LogP contribution in [0.5, 0.6) is 5.75 Å². The molecule has 2 N–H and O–H groups in total. The Morgan fingerprint density at radius 3 is 2.78 bits per heavy atom. The molecule has 3 aromatic rings. The summed E-state index contributed by atoms with van der Waals surface area (Å²) in [7, 11) is 0. The molecular weight excluding hydrogens is 520 g/mol. The summed E-state index contributed by atoms with van der Waals surface area (Å²) in [5.41, 5.74) is 3.35. The predicted molar refractivity (Wildman–Crippen MR) is 148 cm³/mol. The van der Waals surface area contributed by atoms with Gasteiger partial charge in [0.25, 0.3) is 0 Å². The SMILES string of the molecule is CCOc1ccc(Br)cc1NC1CCCCC1COC(=O)N1CCN(c2cccc3[nH]ccc23)CC1. The topological polar surface area (TPSA) is 69.8 Å². The van der Waals surface area contributed by atoms with Crippen LogP contribution in [0.25, 0.3) is 10.9 Å². The maximum absolute atomic E-state index is 12.9. The van der Waals surface area contributed by atoms with Crippen LogP contribution in [-0.4, -0.2) is 61.4 Å². The number of nitrogens with one attached hydrogen (secondary N) is 2. The number of anilines is 2. The van der Waals surface area contributed by atoms with Crippen LogP contribution in [0.15, 0.2) is 53.1 Å². The van der Waals surface area contributed by atoms with Crippen LogP contribution in [0.3, 0.4) is 0 Å². The van der Waals surface area contributed by atoms with Crippen LogP contribution < -0.4 is 15.0 Å². The lowest BCUT2D eigenvalue weighted by molar-refractivity contribution is 0.0760. The van der Waals surface area contributed by atoms with Crippen LogP contribution in [0.2, 0.25) is 0 Å². The molecule has 5 rings (SSSR count). The van der Waals surface area contributed by atoms with Gasteiger partial charge in [-0.25, -0.2) is 4.79 Å². The van der Waals surface area contributed by atoms with Gasteiger partial charge in [-0.1, -0.05) is 34.8 Å². The first kappa shape index (κ1) is 24.8. The fourth-order valence-corrected chi connectivity index (χ4v) is 5.80. The number of fused-ring (bicyclic) bond motifs is 1. The van der Waals surface area contributed by atoms with E-state index in [4.69, 9.17) is 9.47 Å². The second kappa shape index (κ2) is 11.5. The molecule has 7 nitrogen and oxygen atoms in total. The number of aromatic nitrogens is 1. The van der Waals surface area contributed by atoms with Crippen molar-refractivity contribution < 1.29 is 14.3 Å². The first-order chi connectivity index (χ1) is 17.6. The van der Waals surface area contributed by atoms with Crippen molar-refractivity contribution in [1.82, 2.24) is 9.88 Å². The molecule has 1 aliphatic heterocycles. The van der Waals surface area contributed by atoms with Gasteiger partial charge in [-0.05, 0) is 56.2 Å². The van der Waals surface area contributed by atoms with Crippen molar-refractivity contribution in [2.75, 3.05) is 49.6 Å². The lowest BCUT2D eigenvalue weighted by Crippen LogP contribution is -2.49. The molecule has 1 saturated heterocycles. The number of piperazine rings is 1.